The summed E-state index contributed by atoms with van der Waals surface area (Å²) in [5, 5.41) is 30.2. The molecule has 2 aliphatic heterocycles. The van der Waals surface area contributed by atoms with Gasteiger partial charge in [-0.15, -0.1) is 0 Å². The van der Waals surface area contributed by atoms with Crippen LogP contribution in [0.15, 0.2) is 11.6 Å². The van der Waals surface area contributed by atoms with Gasteiger partial charge in [0.25, 0.3) is 0 Å². The molecule has 0 aromatic heterocycles. The second-order valence-corrected chi connectivity index (χ2v) is 6.97. The van der Waals surface area contributed by atoms with Crippen molar-refractivity contribution in [3.05, 3.63) is 11.6 Å². The van der Waals surface area contributed by atoms with Gasteiger partial charge in [-0.1, -0.05) is 13.0 Å². The molecule has 2 bridgehead atoms. The molecular weight excluding hydrogens is 260 g/mol. The summed E-state index contributed by atoms with van der Waals surface area (Å²) in [6.07, 6.45) is 3.10. The first kappa shape index (κ1) is 13.2. The molecule has 6 unspecified atom stereocenters. The highest BCUT2D eigenvalue weighted by Crippen LogP contribution is 2.71. The molecule has 5 heteroatoms. The van der Waals surface area contributed by atoms with Gasteiger partial charge < -0.3 is 24.8 Å². The smallest absolute Gasteiger partial charge is 0.126 e. The Morgan fingerprint density at radius 1 is 1.40 bits per heavy atom. The number of hydrogen-bond donors (Lipinski definition) is 3. The van der Waals surface area contributed by atoms with Crippen molar-refractivity contribution in [3.63, 3.8) is 0 Å². The molecule has 1 spiro atoms. The lowest BCUT2D eigenvalue weighted by Gasteiger charge is -2.58. The maximum atomic E-state index is 10.7. The fourth-order valence-electron chi connectivity index (χ4n) is 5.08. The first-order valence-electron chi connectivity index (χ1n) is 7.43. The zero-order valence-corrected chi connectivity index (χ0v) is 11.7. The Balaban J connectivity index is 1.85. The lowest BCUT2D eigenvalue weighted by molar-refractivity contribution is -0.225. The van der Waals surface area contributed by atoms with E-state index in [0.29, 0.717) is 19.4 Å². The summed E-state index contributed by atoms with van der Waals surface area (Å²) >= 11 is 0. The molecule has 2 aliphatic carbocycles. The summed E-state index contributed by atoms with van der Waals surface area (Å²) in [6, 6.07) is 0. The standard InChI is InChI=1S/C15H22O5/c1-13-10(18)5-12(15(13)8-19-15)20-11-4-9(6-16)2-3-14(11,13)7-17/h4,10-12,16-18H,2-3,5-8H2,1H3. The first-order chi connectivity index (χ1) is 9.54. The number of aliphatic hydroxyl groups excluding tert-OH is 3. The van der Waals surface area contributed by atoms with Gasteiger partial charge >= 0.3 is 0 Å². The highest BCUT2D eigenvalue weighted by molar-refractivity contribution is 5.32. The van der Waals surface area contributed by atoms with Crippen molar-refractivity contribution < 1.29 is 24.8 Å². The Labute approximate surface area is 118 Å². The molecule has 20 heavy (non-hydrogen) atoms. The van der Waals surface area contributed by atoms with Gasteiger partial charge in [-0.2, -0.15) is 0 Å². The molecule has 0 amide bonds. The highest BCUT2D eigenvalue weighted by atomic mass is 16.6. The Morgan fingerprint density at radius 3 is 2.75 bits per heavy atom. The normalized spacial score (nSPS) is 56.6. The van der Waals surface area contributed by atoms with Crippen LogP contribution in [0.1, 0.15) is 26.2 Å². The molecule has 3 fully saturated rings. The quantitative estimate of drug-likeness (QED) is 0.490. The minimum atomic E-state index is -0.519. The van der Waals surface area contributed by atoms with Gasteiger partial charge in [0.05, 0.1) is 38.1 Å². The molecule has 4 rings (SSSR count). The second kappa shape index (κ2) is 3.84. The van der Waals surface area contributed by atoms with Crippen LogP contribution in [-0.2, 0) is 9.47 Å². The van der Waals surface area contributed by atoms with E-state index in [1.54, 1.807) is 0 Å². The van der Waals surface area contributed by atoms with E-state index in [4.69, 9.17) is 9.47 Å². The van der Waals surface area contributed by atoms with Crippen LogP contribution in [0.2, 0.25) is 0 Å². The molecule has 3 N–H and O–H groups in total. The van der Waals surface area contributed by atoms with Crippen LogP contribution >= 0.6 is 0 Å². The second-order valence-electron chi connectivity index (χ2n) is 6.97. The van der Waals surface area contributed by atoms with Crippen LogP contribution in [0.25, 0.3) is 0 Å². The van der Waals surface area contributed by atoms with Gasteiger partial charge in [0.15, 0.2) is 0 Å². The van der Waals surface area contributed by atoms with Crippen molar-refractivity contribution in [1.82, 2.24) is 0 Å². The minimum Gasteiger partial charge on any atom is -0.396 e. The molecule has 0 radical (unpaired) electrons. The van der Waals surface area contributed by atoms with Crippen molar-refractivity contribution in [2.24, 2.45) is 10.8 Å². The van der Waals surface area contributed by atoms with Crippen molar-refractivity contribution in [3.8, 4) is 0 Å². The lowest BCUT2D eigenvalue weighted by Crippen LogP contribution is -2.66. The molecule has 5 nitrogen and oxygen atoms in total. The van der Waals surface area contributed by atoms with E-state index in [9.17, 15) is 15.3 Å². The Morgan fingerprint density at radius 2 is 2.15 bits per heavy atom. The van der Waals surface area contributed by atoms with Crippen LogP contribution in [0.3, 0.4) is 0 Å². The lowest BCUT2D eigenvalue weighted by atomic mass is 9.51. The summed E-state index contributed by atoms with van der Waals surface area (Å²) < 4.78 is 11.9. The van der Waals surface area contributed by atoms with Gasteiger partial charge in [0, 0.05) is 17.3 Å². The third kappa shape index (κ3) is 1.19. The van der Waals surface area contributed by atoms with E-state index in [1.165, 1.54) is 0 Å². The summed E-state index contributed by atoms with van der Waals surface area (Å²) in [5.41, 5.74) is -0.464. The van der Waals surface area contributed by atoms with Gasteiger partial charge in [-0.3, -0.25) is 0 Å². The fraction of sp³-hybridized carbons (Fsp3) is 0.867. The van der Waals surface area contributed by atoms with Gasteiger partial charge in [-0.05, 0) is 18.4 Å². The van der Waals surface area contributed by atoms with Crippen molar-refractivity contribution in [2.75, 3.05) is 19.8 Å². The molecule has 0 aromatic rings. The van der Waals surface area contributed by atoms with E-state index in [-0.39, 0.29) is 25.4 Å². The maximum Gasteiger partial charge on any atom is 0.126 e. The monoisotopic (exact) mass is 282 g/mol. The van der Waals surface area contributed by atoms with E-state index in [0.717, 1.165) is 12.0 Å². The maximum absolute atomic E-state index is 10.7. The molecular formula is C15H22O5. The summed E-state index contributed by atoms with van der Waals surface area (Å²) in [4.78, 5) is 0. The molecule has 112 valence electrons. The summed E-state index contributed by atoms with van der Waals surface area (Å²) in [5.74, 6) is 0. The number of hydrogen-bond acceptors (Lipinski definition) is 5. The number of rotatable bonds is 2. The van der Waals surface area contributed by atoms with Crippen LogP contribution in [-0.4, -0.2) is 59.1 Å². The number of ether oxygens (including phenoxy) is 2. The minimum absolute atomic E-state index is 0.0295. The Bertz CT molecular complexity index is 471. The SMILES string of the molecule is CC12C(O)CC(OC3C=C(CO)CCC31CO)C21CO1. The number of aliphatic hydroxyl groups is 3. The van der Waals surface area contributed by atoms with Gasteiger partial charge in [0.2, 0.25) is 0 Å². The summed E-state index contributed by atoms with van der Waals surface area (Å²) in [7, 11) is 0. The molecule has 1 saturated carbocycles. The van der Waals surface area contributed by atoms with E-state index in [1.807, 2.05) is 13.0 Å². The van der Waals surface area contributed by atoms with E-state index in [2.05, 4.69) is 0 Å². The summed E-state index contributed by atoms with van der Waals surface area (Å²) in [6.45, 7) is 2.66. The van der Waals surface area contributed by atoms with Crippen LogP contribution in [0.4, 0.5) is 0 Å². The van der Waals surface area contributed by atoms with E-state index < -0.39 is 22.5 Å². The third-order valence-electron chi connectivity index (χ3n) is 6.61. The predicted octanol–water partition coefficient (Wildman–Crippen LogP) is -0.0151. The number of epoxide rings is 1. The molecule has 2 heterocycles. The highest BCUT2D eigenvalue weighted by Gasteiger charge is 2.81. The van der Waals surface area contributed by atoms with E-state index >= 15 is 0 Å². The zero-order valence-electron chi connectivity index (χ0n) is 11.7. The Hall–Kier alpha value is -0.460. The topological polar surface area (TPSA) is 82.5 Å². The van der Waals surface area contributed by atoms with Crippen LogP contribution < -0.4 is 0 Å². The largest absolute Gasteiger partial charge is 0.396 e. The average molecular weight is 282 g/mol. The van der Waals surface area contributed by atoms with Crippen molar-refractivity contribution in [1.29, 1.82) is 0 Å². The van der Waals surface area contributed by atoms with Crippen molar-refractivity contribution >= 4 is 0 Å². The fourth-order valence-corrected chi connectivity index (χ4v) is 5.08. The third-order valence-corrected chi connectivity index (χ3v) is 6.61. The zero-order chi connectivity index (χ0) is 14.2. The van der Waals surface area contributed by atoms with Crippen LogP contribution in [0.5, 0.6) is 0 Å². The van der Waals surface area contributed by atoms with Gasteiger partial charge in [-0.25, -0.2) is 0 Å². The molecule has 0 aromatic carbocycles. The molecule has 2 saturated heterocycles. The Kier molecular flexibility index (Phi) is 2.54. The molecule has 6 atom stereocenters. The average Bonchev–Trinajstić information content (AvgIpc) is 3.23. The van der Waals surface area contributed by atoms with Crippen molar-refractivity contribution in [2.45, 2.75) is 50.1 Å². The predicted molar refractivity (Wildman–Crippen MR) is 70.0 cm³/mol. The van der Waals surface area contributed by atoms with Gasteiger partial charge in [0.1, 0.15) is 5.60 Å². The molecule has 4 aliphatic rings. The first-order valence-corrected chi connectivity index (χ1v) is 7.43. The number of fused-ring (bicyclic) bond motifs is 2. The van der Waals surface area contributed by atoms with Crippen LogP contribution in [0, 0.1) is 10.8 Å².